The Bertz CT molecular complexity index is 588. The van der Waals surface area contributed by atoms with Gasteiger partial charge in [0, 0.05) is 31.1 Å². The highest BCUT2D eigenvalue weighted by atomic mass is 35.5. The number of phenolic OH excluding ortho intramolecular Hbond substituents is 1. The molecule has 0 aliphatic carbocycles. The van der Waals surface area contributed by atoms with Crippen molar-refractivity contribution in [2.75, 3.05) is 19.6 Å². The van der Waals surface area contributed by atoms with Crippen LogP contribution < -0.4 is 5.32 Å². The fraction of sp³-hybridized carbons (Fsp3) is 0.588. The summed E-state index contributed by atoms with van der Waals surface area (Å²) in [5, 5.41) is 14.3. The number of aromatic hydroxyl groups is 1. The van der Waals surface area contributed by atoms with Gasteiger partial charge in [0.15, 0.2) is 0 Å². The molecule has 1 aromatic rings. The van der Waals surface area contributed by atoms with Gasteiger partial charge in [-0.2, -0.15) is 0 Å². The highest BCUT2D eigenvalue weighted by Crippen LogP contribution is 2.41. The zero-order valence-electron chi connectivity index (χ0n) is 13.0. The van der Waals surface area contributed by atoms with Crippen molar-refractivity contribution in [3.05, 3.63) is 27.7 Å². The molecule has 2 unspecified atom stereocenters. The van der Waals surface area contributed by atoms with Gasteiger partial charge in [0.1, 0.15) is 5.75 Å². The molecule has 2 atom stereocenters. The van der Waals surface area contributed by atoms with Gasteiger partial charge in [-0.3, -0.25) is 4.79 Å². The molecule has 6 heteroatoms. The van der Waals surface area contributed by atoms with E-state index in [2.05, 4.69) is 5.32 Å². The van der Waals surface area contributed by atoms with E-state index >= 15 is 0 Å². The van der Waals surface area contributed by atoms with Crippen molar-refractivity contribution in [3.63, 3.8) is 0 Å². The summed E-state index contributed by atoms with van der Waals surface area (Å²) in [4.78, 5) is 14.4. The van der Waals surface area contributed by atoms with Crippen LogP contribution in [0.2, 0.25) is 10.0 Å². The minimum Gasteiger partial charge on any atom is -0.508 e. The van der Waals surface area contributed by atoms with Gasteiger partial charge in [0.2, 0.25) is 5.91 Å². The first-order valence-electron chi connectivity index (χ1n) is 8.24. The fourth-order valence-electron chi connectivity index (χ4n) is 3.59. The zero-order chi connectivity index (χ0) is 16.4. The Morgan fingerprint density at radius 3 is 2.74 bits per heavy atom. The average molecular weight is 357 g/mol. The summed E-state index contributed by atoms with van der Waals surface area (Å²) >= 11 is 12.3. The molecule has 126 valence electrons. The zero-order valence-corrected chi connectivity index (χ0v) is 14.5. The fourth-order valence-corrected chi connectivity index (χ4v) is 4.05. The van der Waals surface area contributed by atoms with Gasteiger partial charge in [0.05, 0.1) is 10.0 Å². The molecule has 2 aliphatic heterocycles. The van der Waals surface area contributed by atoms with E-state index in [0.717, 1.165) is 38.9 Å². The van der Waals surface area contributed by atoms with Crippen LogP contribution >= 0.6 is 23.2 Å². The van der Waals surface area contributed by atoms with Gasteiger partial charge >= 0.3 is 0 Å². The van der Waals surface area contributed by atoms with Crippen molar-refractivity contribution < 1.29 is 9.90 Å². The van der Waals surface area contributed by atoms with Crippen LogP contribution in [0, 0.1) is 5.92 Å². The number of hydrogen-bond donors (Lipinski definition) is 2. The van der Waals surface area contributed by atoms with Crippen molar-refractivity contribution in [3.8, 4) is 5.75 Å². The molecular formula is C17H22Cl2N2O2. The summed E-state index contributed by atoms with van der Waals surface area (Å²) in [5.41, 5.74) is 0.645. The Balaban J connectivity index is 1.62. The summed E-state index contributed by atoms with van der Waals surface area (Å²) < 4.78 is 0. The molecule has 1 aromatic carbocycles. The Kier molecular flexibility index (Phi) is 5.34. The number of piperidine rings is 1. The Hall–Kier alpha value is -0.970. The molecule has 4 nitrogen and oxygen atoms in total. The van der Waals surface area contributed by atoms with Gasteiger partial charge in [-0.1, -0.05) is 23.2 Å². The minimum atomic E-state index is -0.0552. The number of nitrogens with one attached hydrogen (secondary N) is 1. The summed E-state index contributed by atoms with van der Waals surface area (Å²) in [5.74, 6) is 0.669. The Morgan fingerprint density at radius 1 is 1.26 bits per heavy atom. The Morgan fingerprint density at radius 2 is 2.00 bits per heavy atom. The second-order valence-corrected chi connectivity index (χ2v) is 7.29. The van der Waals surface area contributed by atoms with Crippen LogP contribution in [0.15, 0.2) is 12.1 Å². The molecule has 2 heterocycles. The molecular weight excluding hydrogens is 335 g/mol. The number of likely N-dealkylation sites (tertiary alicyclic amines) is 1. The monoisotopic (exact) mass is 356 g/mol. The normalized spacial score (nSPS) is 24.9. The van der Waals surface area contributed by atoms with E-state index in [1.54, 1.807) is 12.1 Å². The first kappa shape index (κ1) is 16.9. The lowest BCUT2D eigenvalue weighted by Crippen LogP contribution is -2.36. The molecule has 0 spiro atoms. The number of rotatable bonds is 3. The first-order valence-corrected chi connectivity index (χ1v) is 9.00. The topological polar surface area (TPSA) is 52.6 Å². The Labute approximate surface area is 146 Å². The number of halogens is 2. The molecule has 2 N–H and O–H groups in total. The largest absolute Gasteiger partial charge is 0.508 e. The van der Waals surface area contributed by atoms with Gasteiger partial charge in [-0.25, -0.2) is 0 Å². The van der Waals surface area contributed by atoms with Crippen LogP contribution in [-0.2, 0) is 4.79 Å². The molecule has 3 rings (SSSR count). The maximum atomic E-state index is 12.4. The van der Waals surface area contributed by atoms with E-state index in [4.69, 9.17) is 23.2 Å². The van der Waals surface area contributed by atoms with E-state index in [1.165, 1.54) is 6.42 Å². The summed E-state index contributed by atoms with van der Waals surface area (Å²) in [7, 11) is 0. The van der Waals surface area contributed by atoms with Crippen molar-refractivity contribution in [2.24, 2.45) is 5.92 Å². The van der Waals surface area contributed by atoms with Crippen LogP contribution in [0.25, 0.3) is 0 Å². The second kappa shape index (κ2) is 7.29. The lowest BCUT2D eigenvalue weighted by molar-refractivity contribution is -0.132. The van der Waals surface area contributed by atoms with Crippen LogP contribution in [0.4, 0.5) is 0 Å². The predicted octanol–water partition coefficient (Wildman–Crippen LogP) is 3.75. The maximum Gasteiger partial charge on any atom is 0.222 e. The average Bonchev–Trinajstić information content (AvgIpc) is 3.00. The molecule has 2 saturated heterocycles. The lowest BCUT2D eigenvalue weighted by Gasteiger charge is -2.27. The van der Waals surface area contributed by atoms with Crippen molar-refractivity contribution >= 4 is 29.1 Å². The quantitative estimate of drug-likeness (QED) is 0.866. The molecule has 2 aliphatic rings. The number of benzene rings is 1. The number of amides is 1. The highest BCUT2D eigenvalue weighted by molar-refractivity contribution is 6.42. The van der Waals surface area contributed by atoms with E-state index in [0.29, 0.717) is 22.0 Å². The second-order valence-electron chi connectivity index (χ2n) is 6.50. The number of nitrogens with zero attached hydrogens (tertiary/aromatic N) is 1. The van der Waals surface area contributed by atoms with Crippen LogP contribution in [0.5, 0.6) is 5.75 Å². The number of carbonyl (C=O) groups is 1. The summed E-state index contributed by atoms with van der Waals surface area (Å²) in [6.07, 6.45) is 4.80. The van der Waals surface area contributed by atoms with E-state index in [-0.39, 0.29) is 23.6 Å². The molecule has 1 amide bonds. The van der Waals surface area contributed by atoms with Crippen LogP contribution in [0.1, 0.15) is 43.7 Å². The van der Waals surface area contributed by atoms with Crippen LogP contribution in [0.3, 0.4) is 0 Å². The van der Waals surface area contributed by atoms with Crippen molar-refractivity contribution in [1.29, 1.82) is 0 Å². The standard InChI is InChI=1S/C17H22Cl2N2O2/c18-12-4-5-14(22)16(17(12)19)13-8-11(10-20-13)9-15(23)21-6-2-1-3-7-21/h4-5,11,13,20,22H,1-3,6-10H2. The third-order valence-electron chi connectivity index (χ3n) is 4.85. The molecule has 0 radical (unpaired) electrons. The van der Waals surface area contributed by atoms with Gasteiger partial charge in [-0.05, 0) is 50.3 Å². The van der Waals surface area contributed by atoms with E-state index in [9.17, 15) is 9.90 Å². The van der Waals surface area contributed by atoms with Gasteiger partial charge in [-0.15, -0.1) is 0 Å². The third kappa shape index (κ3) is 3.76. The third-order valence-corrected chi connectivity index (χ3v) is 5.67. The molecule has 0 aromatic heterocycles. The predicted molar refractivity (Wildman–Crippen MR) is 92.0 cm³/mol. The van der Waals surface area contributed by atoms with Gasteiger partial charge in [0.25, 0.3) is 0 Å². The number of phenols is 1. The summed E-state index contributed by atoms with van der Waals surface area (Å²) in [6.45, 7) is 2.54. The highest BCUT2D eigenvalue weighted by Gasteiger charge is 2.31. The van der Waals surface area contributed by atoms with E-state index in [1.807, 2.05) is 4.90 Å². The first-order chi connectivity index (χ1) is 11.1. The molecule has 0 bridgehead atoms. The van der Waals surface area contributed by atoms with Crippen LogP contribution in [-0.4, -0.2) is 35.5 Å². The van der Waals surface area contributed by atoms with Crippen molar-refractivity contribution in [2.45, 2.75) is 38.1 Å². The lowest BCUT2D eigenvalue weighted by atomic mass is 9.96. The maximum absolute atomic E-state index is 12.4. The molecule has 23 heavy (non-hydrogen) atoms. The number of carbonyl (C=O) groups excluding carboxylic acids is 1. The minimum absolute atomic E-state index is 0.0552. The molecule has 0 saturated carbocycles. The smallest absolute Gasteiger partial charge is 0.222 e. The number of hydrogen-bond acceptors (Lipinski definition) is 3. The summed E-state index contributed by atoms with van der Waals surface area (Å²) in [6, 6.07) is 3.10. The molecule has 2 fully saturated rings. The SMILES string of the molecule is O=C(CC1CNC(c2c(O)ccc(Cl)c2Cl)C1)N1CCCCC1. The van der Waals surface area contributed by atoms with E-state index < -0.39 is 0 Å². The van der Waals surface area contributed by atoms with Gasteiger partial charge < -0.3 is 15.3 Å². The van der Waals surface area contributed by atoms with Crippen molar-refractivity contribution in [1.82, 2.24) is 10.2 Å².